The molecule has 1 unspecified atom stereocenters. The predicted molar refractivity (Wildman–Crippen MR) is 99.3 cm³/mol. The maximum absolute atomic E-state index is 10.4. The number of likely N-dealkylation sites (tertiary alicyclic amines) is 1. The molecule has 140 valence electrons. The Morgan fingerprint density at radius 2 is 1.60 bits per heavy atom. The van der Waals surface area contributed by atoms with Crippen LogP contribution >= 0.6 is 0 Å². The Bertz CT molecular complexity index is 517. The molecule has 2 aliphatic rings. The van der Waals surface area contributed by atoms with E-state index in [4.69, 9.17) is 9.47 Å². The van der Waals surface area contributed by atoms with E-state index in [1.165, 1.54) is 11.1 Å². The van der Waals surface area contributed by atoms with Gasteiger partial charge in [-0.1, -0.05) is 18.2 Å². The van der Waals surface area contributed by atoms with Crippen molar-refractivity contribution >= 4 is 0 Å². The zero-order valence-electron chi connectivity index (χ0n) is 15.6. The summed E-state index contributed by atoms with van der Waals surface area (Å²) in [4.78, 5) is 4.67. The van der Waals surface area contributed by atoms with Gasteiger partial charge >= 0.3 is 0 Å². The van der Waals surface area contributed by atoms with Gasteiger partial charge in [0.1, 0.15) is 11.9 Å². The molecule has 5 nitrogen and oxygen atoms in total. The van der Waals surface area contributed by atoms with Gasteiger partial charge in [0.15, 0.2) is 0 Å². The van der Waals surface area contributed by atoms with E-state index in [1.807, 2.05) is 0 Å². The summed E-state index contributed by atoms with van der Waals surface area (Å²) in [6, 6.07) is 6.30. The molecule has 1 aromatic rings. The third kappa shape index (κ3) is 5.42. The SMILES string of the molecule is Cc1cccc(C)c1OC1CCN(CC(O)CN2CCOCC2)CC1. The molecule has 25 heavy (non-hydrogen) atoms. The van der Waals surface area contributed by atoms with Crippen LogP contribution < -0.4 is 4.74 Å². The van der Waals surface area contributed by atoms with Crippen LogP contribution in [0.15, 0.2) is 18.2 Å². The number of rotatable bonds is 6. The molecular weight excluding hydrogens is 316 g/mol. The van der Waals surface area contributed by atoms with E-state index in [-0.39, 0.29) is 12.2 Å². The minimum Gasteiger partial charge on any atom is -0.490 e. The molecule has 0 saturated carbocycles. The molecular formula is C20H32N2O3. The standard InChI is InChI=1S/C20H32N2O3/c1-16-4-3-5-17(2)20(16)25-19-6-8-21(9-7-19)14-18(23)15-22-10-12-24-13-11-22/h3-5,18-19,23H,6-15H2,1-2H3. The number of ether oxygens (including phenoxy) is 2. The molecule has 1 N–H and O–H groups in total. The third-order valence-corrected chi connectivity index (χ3v) is 5.27. The molecule has 0 amide bonds. The van der Waals surface area contributed by atoms with Gasteiger partial charge in [0.25, 0.3) is 0 Å². The van der Waals surface area contributed by atoms with Crippen LogP contribution in [0.25, 0.3) is 0 Å². The number of aliphatic hydroxyl groups is 1. The monoisotopic (exact) mass is 348 g/mol. The van der Waals surface area contributed by atoms with Crippen molar-refractivity contribution in [2.45, 2.75) is 38.9 Å². The molecule has 0 aliphatic carbocycles. The van der Waals surface area contributed by atoms with Crippen molar-refractivity contribution in [3.63, 3.8) is 0 Å². The molecule has 0 spiro atoms. The minimum absolute atomic E-state index is 0.283. The maximum atomic E-state index is 10.4. The molecule has 2 heterocycles. The number of nitrogens with zero attached hydrogens (tertiary/aromatic N) is 2. The summed E-state index contributed by atoms with van der Waals surface area (Å²) in [7, 11) is 0. The van der Waals surface area contributed by atoms with Crippen LogP contribution in [0, 0.1) is 13.8 Å². The highest BCUT2D eigenvalue weighted by Crippen LogP contribution is 2.26. The summed E-state index contributed by atoms with van der Waals surface area (Å²) in [5, 5.41) is 10.4. The number of piperidine rings is 1. The lowest BCUT2D eigenvalue weighted by Gasteiger charge is -2.35. The highest BCUT2D eigenvalue weighted by molar-refractivity contribution is 5.39. The Balaban J connectivity index is 1.41. The second-order valence-electron chi connectivity index (χ2n) is 7.41. The van der Waals surface area contributed by atoms with Crippen LogP contribution in [0.4, 0.5) is 0 Å². The number of benzene rings is 1. The number of morpholine rings is 1. The molecule has 0 bridgehead atoms. The maximum Gasteiger partial charge on any atom is 0.125 e. The smallest absolute Gasteiger partial charge is 0.125 e. The van der Waals surface area contributed by atoms with Crippen molar-refractivity contribution in [2.75, 3.05) is 52.5 Å². The first-order valence-electron chi connectivity index (χ1n) is 9.55. The lowest BCUT2D eigenvalue weighted by Crippen LogP contribution is -2.47. The summed E-state index contributed by atoms with van der Waals surface area (Å²) in [6.07, 6.45) is 2.05. The van der Waals surface area contributed by atoms with E-state index in [0.29, 0.717) is 0 Å². The van der Waals surface area contributed by atoms with Crippen molar-refractivity contribution in [1.82, 2.24) is 9.80 Å². The number of para-hydroxylation sites is 1. The quantitative estimate of drug-likeness (QED) is 0.850. The lowest BCUT2D eigenvalue weighted by molar-refractivity contribution is 0.00143. The zero-order valence-corrected chi connectivity index (χ0v) is 15.6. The number of aliphatic hydroxyl groups excluding tert-OH is 1. The van der Waals surface area contributed by atoms with Crippen LogP contribution in [0.3, 0.4) is 0 Å². The second kappa shape index (κ2) is 8.99. The van der Waals surface area contributed by atoms with E-state index in [9.17, 15) is 5.11 Å². The van der Waals surface area contributed by atoms with E-state index in [1.54, 1.807) is 0 Å². The van der Waals surface area contributed by atoms with Gasteiger partial charge in [0.2, 0.25) is 0 Å². The zero-order chi connectivity index (χ0) is 17.6. The van der Waals surface area contributed by atoms with E-state index < -0.39 is 0 Å². The molecule has 0 radical (unpaired) electrons. The minimum atomic E-state index is -0.283. The highest BCUT2D eigenvalue weighted by atomic mass is 16.5. The highest BCUT2D eigenvalue weighted by Gasteiger charge is 2.24. The Morgan fingerprint density at radius 1 is 1.04 bits per heavy atom. The van der Waals surface area contributed by atoms with Gasteiger partial charge in [-0.2, -0.15) is 0 Å². The summed E-state index contributed by atoms with van der Waals surface area (Å²) in [5.74, 6) is 1.05. The average molecular weight is 348 g/mol. The van der Waals surface area contributed by atoms with Crippen LogP contribution in [-0.2, 0) is 4.74 Å². The summed E-state index contributed by atoms with van der Waals surface area (Å²) < 4.78 is 11.6. The lowest BCUT2D eigenvalue weighted by atomic mass is 10.1. The van der Waals surface area contributed by atoms with Crippen molar-refractivity contribution < 1.29 is 14.6 Å². The summed E-state index contributed by atoms with van der Waals surface area (Å²) >= 11 is 0. The van der Waals surface area contributed by atoms with E-state index >= 15 is 0 Å². The van der Waals surface area contributed by atoms with Crippen LogP contribution in [-0.4, -0.2) is 79.6 Å². The van der Waals surface area contributed by atoms with Crippen molar-refractivity contribution in [2.24, 2.45) is 0 Å². The molecule has 1 atom stereocenters. The Labute approximate surface area is 151 Å². The Hall–Kier alpha value is -1.14. The van der Waals surface area contributed by atoms with Gasteiger partial charge in [0.05, 0.1) is 19.3 Å². The number of β-amino-alcohol motifs (C(OH)–C–C–N with tert-alkyl or cyclic N) is 1. The summed E-state index contributed by atoms with van der Waals surface area (Å²) in [6.45, 7) is 11.2. The number of hydrogen-bond acceptors (Lipinski definition) is 5. The second-order valence-corrected chi connectivity index (χ2v) is 7.41. The van der Waals surface area contributed by atoms with Crippen LogP contribution in [0.2, 0.25) is 0 Å². The largest absolute Gasteiger partial charge is 0.490 e. The van der Waals surface area contributed by atoms with Crippen LogP contribution in [0.1, 0.15) is 24.0 Å². The third-order valence-electron chi connectivity index (χ3n) is 5.27. The predicted octanol–water partition coefficient (Wildman–Crippen LogP) is 1.84. The average Bonchev–Trinajstić information content (AvgIpc) is 2.60. The van der Waals surface area contributed by atoms with Gasteiger partial charge in [-0.3, -0.25) is 4.90 Å². The van der Waals surface area contributed by atoms with Crippen molar-refractivity contribution in [1.29, 1.82) is 0 Å². The van der Waals surface area contributed by atoms with Gasteiger partial charge in [-0.05, 0) is 37.8 Å². The van der Waals surface area contributed by atoms with E-state index in [2.05, 4.69) is 41.8 Å². The Kier molecular flexibility index (Phi) is 6.70. The molecule has 1 aromatic carbocycles. The van der Waals surface area contributed by atoms with Crippen LogP contribution in [0.5, 0.6) is 5.75 Å². The Morgan fingerprint density at radius 3 is 2.20 bits per heavy atom. The molecule has 2 saturated heterocycles. The fourth-order valence-electron chi connectivity index (χ4n) is 3.80. The first-order valence-corrected chi connectivity index (χ1v) is 9.55. The fraction of sp³-hybridized carbons (Fsp3) is 0.700. The first kappa shape index (κ1) is 18.6. The van der Waals surface area contributed by atoms with Crippen molar-refractivity contribution in [3.05, 3.63) is 29.3 Å². The van der Waals surface area contributed by atoms with Gasteiger partial charge < -0.3 is 19.5 Å². The normalized spacial score (nSPS) is 22.0. The van der Waals surface area contributed by atoms with Gasteiger partial charge in [0, 0.05) is 39.3 Å². The molecule has 5 heteroatoms. The topological polar surface area (TPSA) is 45.2 Å². The van der Waals surface area contributed by atoms with Gasteiger partial charge in [-0.15, -0.1) is 0 Å². The number of aryl methyl sites for hydroxylation is 2. The number of hydrogen-bond donors (Lipinski definition) is 1. The molecule has 3 rings (SSSR count). The molecule has 2 aliphatic heterocycles. The molecule has 2 fully saturated rings. The molecule has 0 aromatic heterocycles. The summed E-state index contributed by atoms with van der Waals surface area (Å²) in [5.41, 5.74) is 2.42. The fourth-order valence-corrected chi connectivity index (χ4v) is 3.80. The van der Waals surface area contributed by atoms with Crippen molar-refractivity contribution in [3.8, 4) is 5.75 Å². The van der Waals surface area contributed by atoms with Gasteiger partial charge in [-0.25, -0.2) is 0 Å². The van der Waals surface area contributed by atoms with E-state index in [0.717, 1.165) is 71.1 Å². The first-order chi connectivity index (χ1) is 12.1.